The van der Waals surface area contributed by atoms with E-state index in [4.69, 9.17) is 0 Å². The molecular weight excluding hydrogens is 278 g/mol. The van der Waals surface area contributed by atoms with Crippen molar-refractivity contribution in [2.75, 3.05) is 18.9 Å². The Labute approximate surface area is 129 Å². The predicted molar refractivity (Wildman–Crippen MR) is 87.6 cm³/mol. The van der Waals surface area contributed by atoms with Crippen LogP contribution in [0.2, 0.25) is 0 Å². The zero-order valence-electron chi connectivity index (χ0n) is 12.4. The number of nitrogens with one attached hydrogen (secondary N) is 1. The van der Waals surface area contributed by atoms with Gasteiger partial charge in [-0.05, 0) is 24.5 Å². The molecule has 0 radical (unpaired) electrons. The minimum atomic E-state index is 0.854. The number of fused-ring (bicyclic) bond motifs is 1. The van der Waals surface area contributed by atoms with Gasteiger partial charge >= 0.3 is 0 Å². The second kappa shape index (κ2) is 5.88. The number of rotatable bonds is 3. The Balaban J connectivity index is 1.79. The molecule has 0 atom stereocenters. The number of aryl methyl sites for hydroxylation is 1. The smallest absolute Gasteiger partial charge is 0.107 e. The summed E-state index contributed by atoms with van der Waals surface area (Å²) in [6, 6.07) is 11.1. The van der Waals surface area contributed by atoms with Crippen molar-refractivity contribution in [1.82, 2.24) is 4.90 Å². The number of anilines is 1. The molecule has 3 nitrogen and oxygen atoms in total. The normalized spacial score (nSPS) is 14.5. The summed E-state index contributed by atoms with van der Waals surface area (Å²) in [5, 5.41) is 13.5. The summed E-state index contributed by atoms with van der Waals surface area (Å²) < 4.78 is 0. The standard InChI is InChI=1S/C17H19N3S/c1-12-4-3-5-13(8-12)10-20-7-6-14-15(9-18)17(19-2)21-16(14)11-20/h3-5,8,19H,6-7,10-11H2,1-2H3. The van der Waals surface area contributed by atoms with Gasteiger partial charge in [0.15, 0.2) is 0 Å². The van der Waals surface area contributed by atoms with E-state index in [0.29, 0.717) is 0 Å². The summed E-state index contributed by atoms with van der Waals surface area (Å²) in [6.45, 7) is 5.09. The van der Waals surface area contributed by atoms with Crippen LogP contribution in [0.1, 0.15) is 27.1 Å². The molecule has 2 heterocycles. The average Bonchev–Trinajstić information content (AvgIpc) is 2.84. The predicted octanol–water partition coefficient (Wildman–Crippen LogP) is 3.53. The number of nitrogens with zero attached hydrogens (tertiary/aromatic N) is 2. The van der Waals surface area contributed by atoms with Crippen LogP contribution >= 0.6 is 11.3 Å². The average molecular weight is 297 g/mol. The number of benzene rings is 1. The van der Waals surface area contributed by atoms with E-state index in [0.717, 1.165) is 36.6 Å². The highest BCUT2D eigenvalue weighted by Crippen LogP contribution is 2.36. The summed E-state index contributed by atoms with van der Waals surface area (Å²) in [6.07, 6.45) is 0.974. The molecule has 1 aliphatic rings. The molecular formula is C17H19N3S. The highest BCUT2D eigenvalue weighted by molar-refractivity contribution is 7.16. The van der Waals surface area contributed by atoms with E-state index in [-0.39, 0.29) is 0 Å². The van der Waals surface area contributed by atoms with Crippen molar-refractivity contribution in [3.8, 4) is 6.07 Å². The highest BCUT2D eigenvalue weighted by atomic mass is 32.1. The van der Waals surface area contributed by atoms with E-state index in [1.165, 1.54) is 21.6 Å². The van der Waals surface area contributed by atoms with Gasteiger partial charge in [-0.2, -0.15) is 5.26 Å². The number of hydrogen-bond donors (Lipinski definition) is 1. The Morgan fingerprint density at radius 1 is 1.43 bits per heavy atom. The van der Waals surface area contributed by atoms with Gasteiger partial charge in [0.2, 0.25) is 0 Å². The molecule has 0 amide bonds. The van der Waals surface area contributed by atoms with Crippen LogP contribution in [0, 0.1) is 18.3 Å². The zero-order chi connectivity index (χ0) is 14.8. The molecule has 1 aromatic heterocycles. The Hall–Kier alpha value is -1.83. The van der Waals surface area contributed by atoms with Gasteiger partial charge in [0, 0.05) is 31.6 Å². The third-order valence-electron chi connectivity index (χ3n) is 3.96. The van der Waals surface area contributed by atoms with Gasteiger partial charge in [-0.25, -0.2) is 0 Å². The van der Waals surface area contributed by atoms with Crippen molar-refractivity contribution in [2.24, 2.45) is 0 Å². The maximum Gasteiger partial charge on any atom is 0.107 e. The number of nitriles is 1. The second-order valence-electron chi connectivity index (χ2n) is 5.52. The Morgan fingerprint density at radius 3 is 3.00 bits per heavy atom. The van der Waals surface area contributed by atoms with Gasteiger partial charge < -0.3 is 5.32 Å². The summed E-state index contributed by atoms with van der Waals surface area (Å²) in [5.41, 5.74) is 4.79. The van der Waals surface area contributed by atoms with Gasteiger partial charge in [-0.3, -0.25) is 4.90 Å². The van der Waals surface area contributed by atoms with E-state index in [1.54, 1.807) is 11.3 Å². The fourth-order valence-corrected chi connectivity index (χ4v) is 4.15. The van der Waals surface area contributed by atoms with Gasteiger partial charge in [0.25, 0.3) is 0 Å². The van der Waals surface area contributed by atoms with Crippen molar-refractivity contribution in [3.63, 3.8) is 0 Å². The fraction of sp³-hybridized carbons (Fsp3) is 0.353. The molecule has 3 rings (SSSR count). The molecule has 0 unspecified atom stereocenters. The summed E-state index contributed by atoms with van der Waals surface area (Å²) in [7, 11) is 1.89. The van der Waals surface area contributed by atoms with Crippen LogP contribution in [-0.4, -0.2) is 18.5 Å². The molecule has 2 aromatic rings. The van der Waals surface area contributed by atoms with Crippen LogP contribution in [0.4, 0.5) is 5.00 Å². The van der Waals surface area contributed by atoms with Crippen LogP contribution < -0.4 is 5.32 Å². The summed E-state index contributed by atoms with van der Waals surface area (Å²) in [5.74, 6) is 0. The molecule has 1 aliphatic heterocycles. The van der Waals surface area contributed by atoms with Crippen LogP contribution in [0.5, 0.6) is 0 Å². The molecule has 21 heavy (non-hydrogen) atoms. The molecule has 4 heteroatoms. The number of thiophene rings is 1. The molecule has 1 aromatic carbocycles. The van der Waals surface area contributed by atoms with E-state index >= 15 is 0 Å². The zero-order valence-corrected chi connectivity index (χ0v) is 13.3. The lowest BCUT2D eigenvalue weighted by Crippen LogP contribution is -2.29. The highest BCUT2D eigenvalue weighted by Gasteiger charge is 2.24. The topological polar surface area (TPSA) is 39.1 Å². The SMILES string of the molecule is CNc1sc2c(c1C#N)CCN(Cc1cccc(C)c1)C2. The fourth-order valence-electron chi connectivity index (χ4n) is 2.95. The maximum atomic E-state index is 9.33. The maximum absolute atomic E-state index is 9.33. The monoisotopic (exact) mass is 297 g/mol. The van der Waals surface area contributed by atoms with Crippen molar-refractivity contribution in [3.05, 3.63) is 51.4 Å². The quantitative estimate of drug-likeness (QED) is 0.942. The first kappa shape index (κ1) is 14.1. The van der Waals surface area contributed by atoms with Crippen LogP contribution in [0.15, 0.2) is 24.3 Å². The van der Waals surface area contributed by atoms with Crippen molar-refractivity contribution >= 4 is 16.3 Å². The van der Waals surface area contributed by atoms with E-state index in [1.807, 2.05) is 7.05 Å². The summed E-state index contributed by atoms with van der Waals surface area (Å²) in [4.78, 5) is 3.81. The van der Waals surface area contributed by atoms with E-state index < -0.39 is 0 Å². The Morgan fingerprint density at radius 2 is 2.29 bits per heavy atom. The Bertz CT molecular complexity index is 697. The van der Waals surface area contributed by atoms with Gasteiger partial charge in [-0.1, -0.05) is 29.8 Å². The van der Waals surface area contributed by atoms with Crippen LogP contribution in [-0.2, 0) is 19.5 Å². The lowest BCUT2D eigenvalue weighted by atomic mass is 10.0. The molecule has 0 saturated carbocycles. The minimum Gasteiger partial charge on any atom is -0.379 e. The molecule has 0 bridgehead atoms. The van der Waals surface area contributed by atoms with Gasteiger partial charge in [-0.15, -0.1) is 11.3 Å². The van der Waals surface area contributed by atoms with Gasteiger partial charge in [0.1, 0.15) is 11.1 Å². The van der Waals surface area contributed by atoms with Gasteiger partial charge in [0.05, 0.1) is 5.56 Å². The first-order valence-corrected chi connectivity index (χ1v) is 8.03. The molecule has 0 spiro atoms. The van der Waals surface area contributed by atoms with Crippen molar-refractivity contribution in [2.45, 2.75) is 26.4 Å². The third kappa shape index (κ3) is 2.80. The first-order valence-electron chi connectivity index (χ1n) is 7.21. The molecule has 108 valence electrons. The molecule has 0 aliphatic carbocycles. The first-order chi connectivity index (χ1) is 10.2. The van der Waals surface area contributed by atoms with E-state index in [9.17, 15) is 5.26 Å². The molecule has 0 saturated heterocycles. The third-order valence-corrected chi connectivity index (χ3v) is 5.20. The molecule has 0 fully saturated rings. The number of hydrogen-bond acceptors (Lipinski definition) is 4. The van der Waals surface area contributed by atoms with Crippen LogP contribution in [0.3, 0.4) is 0 Å². The lowest BCUT2D eigenvalue weighted by molar-refractivity contribution is 0.248. The lowest BCUT2D eigenvalue weighted by Gasteiger charge is -2.26. The van der Waals surface area contributed by atoms with E-state index in [2.05, 4.69) is 47.5 Å². The van der Waals surface area contributed by atoms with Crippen LogP contribution in [0.25, 0.3) is 0 Å². The van der Waals surface area contributed by atoms with Crippen molar-refractivity contribution in [1.29, 1.82) is 5.26 Å². The molecule has 1 N–H and O–H groups in total. The largest absolute Gasteiger partial charge is 0.379 e. The summed E-state index contributed by atoms with van der Waals surface area (Å²) >= 11 is 1.73. The Kier molecular flexibility index (Phi) is 3.96. The minimum absolute atomic E-state index is 0.854. The second-order valence-corrected chi connectivity index (χ2v) is 6.62. The van der Waals surface area contributed by atoms with Crippen molar-refractivity contribution < 1.29 is 0 Å².